The molecule has 0 saturated carbocycles. The molecule has 0 bridgehead atoms. The van der Waals surface area contributed by atoms with Crippen LogP contribution in [0.15, 0.2) is 12.1 Å². The molecular formula is C10H11NO2. The molecule has 68 valence electrons. The van der Waals surface area contributed by atoms with Gasteiger partial charge in [-0.05, 0) is 18.6 Å². The van der Waals surface area contributed by atoms with Gasteiger partial charge in [-0.2, -0.15) is 5.26 Å². The summed E-state index contributed by atoms with van der Waals surface area (Å²) >= 11 is 0. The maximum atomic E-state index is 8.77. The summed E-state index contributed by atoms with van der Waals surface area (Å²) in [4.78, 5) is 0. The Morgan fingerprint density at radius 1 is 1.15 bits per heavy atom. The number of nitrogens with zero attached hydrogens (tertiary/aromatic N) is 1. The molecule has 0 aliphatic carbocycles. The minimum absolute atomic E-state index is 0.491. The first-order valence-electron chi connectivity index (χ1n) is 3.85. The van der Waals surface area contributed by atoms with E-state index in [0.717, 1.165) is 5.56 Å². The third-order valence-electron chi connectivity index (χ3n) is 1.84. The summed E-state index contributed by atoms with van der Waals surface area (Å²) in [5.41, 5.74) is 1.45. The molecule has 1 aromatic carbocycles. The standard InChI is InChI=1S/C10H11NO2/c1-7-4-10(13-3)8(6-11)5-9(7)12-2/h4-5H,1-3H3. The first kappa shape index (κ1) is 9.40. The number of nitriles is 1. The molecule has 0 aliphatic rings. The number of hydrogen-bond acceptors (Lipinski definition) is 3. The first-order valence-corrected chi connectivity index (χ1v) is 3.85. The largest absolute Gasteiger partial charge is 0.496 e. The van der Waals surface area contributed by atoms with Crippen molar-refractivity contribution in [2.45, 2.75) is 6.92 Å². The van der Waals surface area contributed by atoms with Crippen molar-refractivity contribution < 1.29 is 9.47 Å². The van der Waals surface area contributed by atoms with Gasteiger partial charge in [0, 0.05) is 6.07 Å². The summed E-state index contributed by atoms with van der Waals surface area (Å²) in [6.45, 7) is 1.91. The van der Waals surface area contributed by atoms with Gasteiger partial charge in [-0.25, -0.2) is 0 Å². The van der Waals surface area contributed by atoms with Crippen molar-refractivity contribution in [3.05, 3.63) is 23.3 Å². The van der Waals surface area contributed by atoms with E-state index in [1.54, 1.807) is 26.4 Å². The third-order valence-corrected chi connectivity index (χ3v) is 1.84. The zero-order valence-electron chi connectivity index (χ0n) is 7.92. The van der Waals surface area contributed by atoms with Gasteiger partial charge >= 0.3 is 0 Å². The molecule has 0 unspecified atom stereocenters. The molecule has 0 saturated heterocycles. The van der Waals surface area contributed by atoms with Crippen LogP contribution in [-0.4, -0.2) is 14.2 Å². The van der Waals surface area contributed by atoms with E-state index in [1.807, 2.05) is 13.0 Å². The predicted molar refractivity (Wildman–Crippen MR) is 49.0 cm³/mol. The van der Waals surface area contributed by atoms with E-state index in [9.17, 15) is 0 Å². The molecule has 3 nitrogen and oxygen atoms in total. The highest BCUT2D eigenvalue weighted by atomic mass is 16.5. The van der Waals surface area contributed by atoms with Gasteiger partial charge < -0.3 is 9.47 Å². The van der Waals surface area contributed by atoms with E-state index in [2.05, 4.69) is 0 Å². The van der Waals surface area contributed by atoms with Crippen molar-refractivity contribution in [2.75, 3.05) is 14.2 Å². The number of hydrogen-bond donors (Lipinski definition) is 0. The highest BCUT2D eigenvalue weighted by Crippen LogP contribution is 2.27. The van der Waals surface area contributed by atoms with Gasteiger partial charge in [-0.1, -0.05) is 0 Å². The molecule has 0 atom stereocenters. The molecule has 0 N–H and O–H groups in total. The molecule has 0 radical (unpaired) electrons. The molecule has 0 fully saturated rings. The Hall–Kier alpha value is -1.69. The summed E-state index contributed by atoms with van der Waals surface area (Å²) in [7, 11) is 3.12. The van der Waals surface area contributed by atoms with E-state index in [0.29, 0.717) is 17.1 Å². The number of rotatable bonds is 2. The first-order chi connectivity index (χ1) is 6.22. The quantitative estimate of drug-likeness (QED) is 0.692. The summed E-state index contributed by atoms with van der Waals surface area (Å²) in [5.74, 6) is 1.29. The van der Waals surface area contributed by atoms with Crippen LogP contribution in [0.2, 0.25) is 0 Å². The van der Waals surface area contributed by atoms with Crippen molar-refractivity contribution in [3.8, 4) is 17.6 Å². The molecule has 1 aromatic rings. The summed E-state index contributed by atoms with van der Waals surface area (Å²) in [6, 6.07) is 5.51. The average Bonchev–Trinajstić information content (AvgIpc) is 2.17. The van der Waals surface area contributed by atoms with Gasteiger partial charge in [0.15, 0.2) is 0 Å². The fourth-order valence-electron chi connectivity index (χ4n) is 1.14. The van der Waals surface area contributed by atoms with Crippen LogP contribution in [0.25, 0.3) is 0 Å². The maximum absolute atomic E-state index is 8.77. The smallest absolute Gasteiger partial charge is 0.137 e. The van der Waals surface area contributed by atoms with Crippen LogP contribution in [-0.2, 0) is 0 Å². The van der Waals surface area contributed by atoms with Crippen LogP contribution in [0.1, 0.15) is 11.1 Å². The second-order valence-corrected chi connectivity index (χ2v) is 2.63. The van der Waals surface area contributed by atoms with Crippen molar-refractivity contribution >= 4 is 0 Å². The highest BCUT2D eigenvalue weighted by Gasteiger charge is 2.06. The second-order valence-electron chi connectivity index (χ2n) is 2.63. The Morgan fingerprint density at radius 2 is 1.77 bits per heavy atom. The van der Waals surface area contributed by atoms with Crippen molar-refractivity contribution in [3.63, 3.8) is 0 Å². The number of methoxy groups -OCH3 is 2. The van der Waals surface area contributed by atoms with E-state index in [1.165, 1.54) is 0 Å². The summed E-state index contributed by atoms with van der Waals surface area (Å²) in [6.07, 6.45) is 0. The molecule has 0 amide bonds. The van der Waals surface area contributed by atoms with E-state index in [4.69, 9.17) is 14.7 Å². The van der Waals surface area contributed by atoms with Crippen LogP contribution >= 0.6 is 0 Å². The lowest BCUT2D eigenvalue weighted by Crippen LogP contribution is -1.92. The normalized spacial score (nSPS) is 9.08. The lowest BCUT2D eigenvalue weighted by Gasteiger charge is -2.08. The monoisotopic (exact) mass is 177 g/mol. The summed E-state index contributed by atoms with van der Waals surface area (Å²) < 4.78 is 10.1. The van der Waals surface area contributed by atoms with Gasteiger partial charge in [0.1, 0.15) is 17.6 Å². The Kier molecular flexibility index (Phi) is 2.76. The molecule has 1 rings (SSSR count). The van der Waals surface area contributed by atoms with Crippen molar-refractivity contribution in [1.82, 2.24) is 0 Å². The molecule has 0 spiro atoms. The minimum atomic E-state index is 0.491. The molecular weight excluding hydrogens is 166 g/mol. The molecule has 0 heterocycles. The predicted octanol–water partition coefficient (Wildman–Crippen LogP) is 1.88. The molecule has 0 aromatic heterocycles. The van der Waals surface area contributed by atoms with E-state index >= 15 is 0 Å². The van der Waals surface area contributed by atoms with Crippen LogP contribution in [0.4, 0.5) is 0 Å². The second kappa shape index (κ2) is 3.81. The van der Waals surface area contributed by atoms with Gasteiger partial charge in [-0.15, -0.1) is 0 Å². The molecule has 0 aliphatic heterocycles. The van der Waals surface area contributed by atoms with Crippen molar-refractivity contribution in [2.24, 2.45) is 0 Å². The van der Waals surface area contributed by atoms with Crippen molar-refractivity contribution in [1.29, 1.82) is 5.26 Å². The van der Waals surface area contributed by atoms with Crippen LogP contribution < -0.4 is 9.47 Å². The Morgan fingerprint density at radius 3 is 2.23 bits per heavy atom. The fraction of sp³-hybridized carbons (Fsp3) is 0.300. The highest BCUT2D eigenvalue weighted by molar-refractivity contribution is 5.51. The Balaban J connectivity index is 3.28. The number of ether oxygens (including phenoxy) is 2. The SMILES string of the molecule is COc1cc(C#N)c(OC)cc1C. The van der Waals surface area contributed by atoms with Gasteiger partial charge in [-0.3, -0.25) is 0 Å². The lowest BCUT2D eigenvalue weighted by atomic mass is 10.1. The molecule has 3 heteroatoms. The Bertz CT molecular complexity index is 353. The zero-order valence-corrected chi connectivity index (χ0v) is 7.92. The summed E-state index contributed by atoms with van der Waals surface area (Å²) in [5, 5.41) is 8.77. The van der Waals surface area contributed by atoms with Crippen LogP contribution in [0.5, 0.6) is 11.5 Å². The van der Waals surface area contributed by atoms with E-state index in [-0.39, 0.29) is 0 Å². The zero-order chi connectivity index (χ0) is 9.84. The maximum Gasteiger partial charge on any atom is 0.137 e. The van der Waals surface area contributed by atoms with E-state index < -0.39 is 0 Å². The minimum Gasteiger partial charge on any atom is -0.496 e. The third kappa shape index (κ3) is 1.73. The Labute approximate surface area is 77.5 Å². The van der Waals surface area contributed by atoms with Gasteiger partial charge in [0.05, 0.1) is 19.8 Å². The fourth-order valence-corrected chi connectivity index (χ4v) is 1.14. The lowest BCUT2D eigenvalue weighted by molar-refractivity contribution is 0.399. The number of benzene rings is 1. The van der Waals surface area contributed by atoms with Crippen LogP contribution in [0.3, 0.4) is 0 Å². The van der Waals surface area contributed by atoms with Crippen LogP contribution in [0, 0.1) is 18.3 Å². The molecule has 13 heavy (non-hydrogen) atoms. The van der Waals surface area contributed by atoms with Gasteiger partial charge in [0.2, 0.25) is 0 Å². The topological polar surface area (TPSA) is 42.2 Å². The average molecular weight is 177 g/mol. The van der Waals surface area contributed by atoms with Gasteiger partial charge in [0.25, 0.3) is 0 Å². The number of aryl methyl sites for hydroxylation is 1.